The van der Waals surface area contributed by atoms with E-state index in [2.05, 4.69) is 56.4 Å². The van der Waals surface area contributed by atoms with Crippen LogP contribution in [0.2, 0.25) is 18.1 Å². The highest BCUT2D eigenvalue weighted by molar-refractivity contribution is 9.10. The first-order valence-electron chi connectivity index (χ1n) is 7.67. The van der Waals surface area contributed by atoms with Gasteiger partial charge in [-0.15, -0.1) is 6.58 Å². The number of halogens is 1. The van der Waals surface area contributed by atoms with Crippen molar-refractivity contribution in [2.24, 2.45) is 0 Å². The molecule has 0 radical (unpaired) electrons. The first-order valence-corrected chi connectivity index (χ1v) is 11.4. The highest BCUT2D eigenvalue weighted by Gasteiger charge is 2.42. The molecule has 5 heteroatoms. The summed E-state index contributed by atoms with van der Waals surface area (Å²) in [6.07, 6.45) is 1.30. The minimum absolute atomic E-state index is 0.0502. The number of esters is 1. The van der Waals surface area contributed by atoms with E-state index < -0.39 is 20.3 Å². The fraction of sp³-hybridized carbons (Fsp3) is 0.500. The summed E-state index contributed by atoms with van der Waals surface area (Å²) in [6, 6.07) is 7.66. The number of carbonyl (C=O) groups excluding carboxylic acids is 1. The molecule has 0 aliphatic rings. The molecule has 0 saturated heterocycles. The maximum atomic E-state index is 12.4. The Morgan fingerprint density at radius 2 is 1.78 bits per heavy atom. The van der Waals surface area contributed by atoms with Gasteiger partial charge in [0.25, 0.3) is 0 Å². The van der Waals surface area contributed by atoms with Crippen molar-refractivity contribution in [1.29, 1.82) is 0 Å². The highest BCUT2D eigenvalue weighted by atomic mass is 79.9. The van der Waals surface area contributed by atoms with E-state index in [1.165, 1.54) is 7.11 Å². The van der Waals surface area contributed by atoms with Crippen molar-refractivity contribution in [2.75, 3.05) is 7.11 Å². The van der Waals surface area contributed by atoms with Crippen molar-refractivity contribution < 1.29 is 14.0 Å². The Labute approximate surface area is 149 Å². The molecule has 2 atom stereocenters. The summed E-state index contributed by atoms with van der Waals surface area (Å²) in [6.45, 7) is 14.7. The van der Waals surface area contributed by atoms with Gasteiger partial charge in [0, 0.05) is 4.47 Å². The molecule has 1 aromatic carbocycles. The van der Waals surface area contributed by atoms with Crippen LogP contribution in [0.15, 0.2) is 41.4 Å². The molecule has 0 saturated carbocycles. The van der Waals surface area contributed by atoms with Crippen LogP contribution in [0.1, 0.15) is 32.3 Å². The molecule has 3 nitrogen and oxygen atoms in total. The number of carbonyl (C=O) groups is 1. The van der Waals surface area contributed by atoms with E-state index in [0.29, 0.717) is 0 Å². The van der Waals surface area contributed by atoms with Crippen LogP contribution in [0, 0.1) is 0 Å². The summed E-state index contributed by atoms with van der Waals surface area (Å²) < 4.78 is 12.4. The third kappa shape index (κ3) is 5.03. The second-order valence-electron chi connectivity index (χ2n) is 7.13. The Hall–Kier alpha value is -0.913. The van der Waals surface area contributed by atoms with E-state index in [9.17, 15) is 4.79 Å². The Morgan fingerprint density at radius 3 is 2.17 bits per heavy atom. The van der Waals surface area contributed by atoms with Crippen molar-refractivity contribution in [2.45, 2.75) is 50.9 Å². The van der Waals surface area contributed by atoms with Gasteiger partial charge in [0.05, 0.1) is 13.2 Å². The normalized spacial score (nSPS) is 14.9. The summed E-state index contributed by atoms with van der Waals surface area (Å²) >= 11 is 3.42. The van der Waals surface area contributed by atoms with Gasteiger partial charge >= 0.3 is 5.97 Å². The van der Waals surface area contributed by atoms with E-state index in [1.54, 1.807) is 6.08 Å². The molecule has 1 aromatic rings. The van der Waals surface area contributed by atoms with Crippen LogP contribution in [0.25, 0.3) is 0 Å². The number of hydrogen-bond donors (Lipinski definition) is 0. The average molecular weight is 399 g/mol. The number of benzene rings is 1. The molecule has 128 valence electrons. The first-order chi connectivity index (χ1) is 10.5. The first kappa shape index (κ1) is 20.1. The molecule has 0 unspecified atom stereocenters. The monoisotopic (exact) mass is 398 g/mol. The van der Waals surface area contributed by atoms with Crippen molar-refractivity contribution in [3.05, 3.63) is 47.0 Å². The van der Waals surface area contributed by atoms with Gasteiger partial charge in [-0.05, 0) is 35.8 Å². The summed E-state index contributed by atoms with van der Waals surface area (Å²) in [5.74, 6) is -0.823. The quantitative estimate of drug-likeness (QED) is 0.371. The number of ether oxygens (including phenoxy) is 1. The SMILES string of the molecule is C=C[C@@H](O[Si](C)(C)C(C)(C)C)[C@@H](C(=O)OC)c1ccc(Br)cc1. The Balaban J connectivity index is 3.20. The van der Waals surface area contributed by atoms with Gasteiger partial charge in [0.2, 0.25) is 0 Å². The smallest absolute Gasteiger partial charge is 0.316 e. The molecule has 0 aromatic heterocycles. The number of hydrogen-bond acceptors (Lipinski definition) is 3. The second kappa shape index (κ2) is 7.77. The van der Waals surface area contributed by atoms with E-state index in [1.807, 2.05) is 24.3 Å². The molecule has 0 aliphatic carbocycles. The predicted molar refractivity (Wildman–Crippen MR) is 101 cm³/mol. The van der Waals surface area contributed by atoms with Crippen LogP contribution < -0.4 is 0 Å². The van der Waals surface area contributed by atoms with Gasteiger partial charge < -0.3 is 9.16 Å². The Bertz CT molecular complexity index is 546. The molecule has 0 aliphatic heterocycles. The van der Waals surface area contributed by atoms with Gasteiger partial charge in [0.1, 0.15) is 5.92 Å². The topological polar surface area (TPSA) is 35.5 Å². The lowest BCUT2D eigenvalue weighted by Crippen LogP contribution is -2.46. The zero-order chi connectivity index (χ0) is 17.8. The Kier molecular flexibility index (Phi) is 6.80. The highest BCUT2D eigenvalue weighted by Crippen LogP contribution is 2.39. The third-order valence-corrected chi connectivity index (χ3v) is 9.48. The van der Waals surface area contributed by atoms with Gasteiger partial charge in [0.15, 0.2) is 8.32 Å². The van der Waals surface area contributed by atoms with Gasteiger partial charge in [-0.2, -0.15) is 0 Å². The minimum atomic E-state index is -2.04. The van der Waals surface area contributed by atoms with E-state index >= 15 is 0 Å². The molecular formula is C18H27BrO3Si. The summed E-state index contributed by atoms with van der Waals surface area (Å²) in [5.41, 5.74) is 0.864. The third-order valence-electron chi connectivity index (χ3n) is 4.48. The van der Waals surface area contributed by atoms with Crippen LogP contribution in [0.5, 0.6) is 0 Å². The van der Waals surface area contributed by atoms with Gasteiger partial charge in [-0.3, -0.25) is 4.79 Å². The minimum Gasteiger partial charge on any atom is -0.468 e. The average Bonchev–Trinajstić information content (AvgIpc) is 2.46. The fourth-order valence-electron chi connectivity index (χ4n) is 2.03. The van der Waals surface area contributed by atoms with Crippen LogP contribution in [-0.2, 0) is 14.0 Å². The molecule has 0 amide bonds. The van der Waals surface area contributed by atoms with Crippen molar-refractivity contribution in [3.63, 3.8) is 0 Å². The fourth-order valence-corrected chi connectivity index (χ4v) is 3.56. The molecule has 1 rings (SSSR count). The molecule has 0 spiro atoms. The Morgan fingerprint density at radius 1 is 1.26 bits per heavy atom. The van der Waals surface area contributed by atoms with Crippen molar-refractivity contribution >= 4 is 30.2 Å². The van der Waals surface area contributed by atoms with Crippen molar-refractivity contribution in [3.8, 4) is 0 Å². The van der Waals surface area contributed by atoms with Crippen molar-refractivity contribution in [1.82, 2.24) is 0 Å². The molecule has 0 bridgehead atoms. The molecular weight excluding hydrogens is 372 g/mol. The summed E-state index contributed by atoms with van der Waals surface area (Å²) in [7, 11) is -0.639. The lowest BCUT2D eigenvalue weighted by atomic mass is 9.93. The molecule has 0 heterocycles. The maximum absolute atomic E-state index is 12.4. The predicted octanol–water partition coefficient (Wildman–Crippen LogP) is 5.28. The number of rotatable bonds is 6. The van der Waals surface area contributed by atoms with E-state index in [-0.39, 0.29) is 11.0 Å². The van der Waals surface area contributed by atoms with Gasteiger partial charge in [-0.1, -0.05) is 54.9 Å². The molecule has 0 fully saturated rings. The zero-order valence-corrected chi connectivity index (χ0v) is 17.4. The summed E-state index contributed by atoms with van der Waals surface area (Å²) in [5, 5.41) is 0.0502. The van der Waals surface area contributed by atoms with Crippen LogP contribution in [0.3, 0.4) is 0 Å². The van der Waals surface area contributed by atoms with Crippen LogP contribution in [0.4, 0.5) is 0 Å². The molecule has 23 heavy (non-hydrogen) atoms. The standard InChI is InChI=1S/C18H27BrO3Si/c1-8-15(22-23(6,7)18(2,3)4)16(17(20)21-5)13-9-11-14(19)12-10-13/h8-12,15-16H,1H2,2-7H3/t15-,16+/m1/s1. The molecule has 0 N–H and O–H groups in total. The lowest BCUT2D eigenvalue weighted by Gasteiger charge is -2.40. The van der Waals surface area contributed by atoms with E-state index in [0.717, 1.165) is 10.0 Å². The van der Waals surface area contributed by atoms with E-state index in [4.69, 9.17) is 9.16 Å². The second-order valence-corrected chi connectivity index (χ2v) is 12.8. The summed E-state index contributed by atoms with van der Waals surface area (Å²) in [4.78, 5) is 12.4. The van der Waals surface area contributed by atoms with Crippen LogP contribution in [-0.4, -0.2) is 27.5 Å². The van der Waals surface area contributed by atoms with Gasteiger partial charge in [-0.25, -0.2) is 0 Å². The lowest BCUT2D eigenvalue weighted by molar-refractivity contribution is -0.144. The zero-order valence-electron chi connectivity index (χ0n) is 14.9. The largest absolute Gasteiger partial charge is 0.468 e. The maximum Gasteiger partial charge on any atom is 0.316 e. The number of methoxy groups -OCH3 is 1. The van der Waals surface area contributed by atoms with Crippen LogP contribution >= 0.6 is 15.9 Å².